The number of methoxy groups -OCH3 is 2. The lowest BCUT2D eigenvalue weighted by atomic mass is 10.1. The number of anilines is 1. The second-order valence-electron chi connectivity index (χ2n) is 4.44. The molecule has 0 aliphatic carbocycles. The molecule has 0 atom stereocenters. The molecular weight excluding hydrogens is 254 g/mol. The Morgan fingerprint density at radius 1 is 1.05 bits per heavy atom. The van der Waals surface area contributed by atoms with Crippen molar-refractivity contribution >= 4 is 16.6 Å². The van der Waals surface area contributed by atoms with E-state index in [0.717, 1.165) is 33.7 Å². The number of rotatable bonds is 3. The van der Waals surface area contributed by atoms with Gasteiger partial charge in [0.05, 0.1) is 19.7 Å². The van der Waals surface area contributed by atoms with Gasteiger partial charge in [-0.25, -0.2) is 0 Å². The van der Waals surface area contributed by atoms with Gasteiger partial charge < -0.3 is 15.2 Å². The maximum atomic E-state index is 5.78. The summed E-state index contributed by atoms with van der Waals surface area (Å²) in [6.07, 6.45) is 0. The molecule has 0 aliphatic heterocycles. The zero-order valence-electron chi connectivity index (χ0n) is 11.3. The van der Waals surface area contributed by atoms with Crippen LogP contribution >= 0.6 is 0 Å². The fourth-order valence-corrected chi connectivity index (χ4v) is 2.24. The molecule has 0 amide bonds. The summed E-state index contributed by atoms with van der Waals surface area (Å²) in [5.41, 5.74) is 9.07. The van der Waals surface area contributed by atoms with E-state index in [-0.39, 0.29) is 0 Å². The molecule has 0 fully saturated rings. The maximum Gasteiger partial charge on any atom is 0.128 e. The van der Waals surface area contributed by atoms with Crippen molar-refractivity contribution in [2.24, 2.45) is 0 Å². The third-order valence-corrected chi connectivity index (χ3v) is 3.25. The molecule has 0 bridgehead atoms. The van der Waals surface area contributed by atoms with Crippen LogP contribution in [0, 0.1) is 0 Å². The second kappa shape index (κ2) is 4.77. The van der Waals surface area contributed by atoms with Crippen molar-refractivity contribution in [1.29, 1.82) is 0 Å². The molecule has 0 saturated carbocycles. The first-order chi connectivity index (χ1) is 9.72. The second-order valence-corrected chi connectivity index (χ2v) is 4.44. The molecule has 3 aromatic rings. The summed E-state index contributed by atoms with van der Waals surface area (Å²) in [5, 5.41) is 8.36. The van der Waals surface area contributed by atoms with E-state index in [1.54, 1.807) is 14.2 Å². The zero-order valence-corrected chi connectivity index (χ0v) is 11.3. The average Bonchev–Trinajstić information content (AvgIpc) is 2.89. The van der Waals surface area contributed by atoms with Crippen molar-refractivity contribution in [3.63, 3.8) is 0 Å². The number of nitrogens with zero attached hydrogens (tertiary/aromatic N) is 1. The minimum absolute atomic E-state index is 0.699. The summed E-state index contributed by atoms with van der Waals surface area (Å²) in [6.45, 7) is 0. The SMILES string of the molecule is COc1ccc(OC)c(-c2n[nH]c3cc(N)ccc23)c1. The number of nitrogen functional groups attached to an aromatic ring is 1. The third kappa shape index (κ3) is 1.93. The Morgan fingerprint density at radius 2 is 1.90 bits per heavy atom. The molecule has 1 heterocycles. The van der Waals surface area contributed by atoms with Gasteiger partial charge in [0.2, 0.25) is 0 Å². The molecule has 3 N–H and O–H groups in total. The molecule has 0 unspecified atom stereocenters. The Labute approximate surface area is 116 Å². The molecule has 102 valence electrons. The standard InChI is InChI=1S/C15H15N3O2/c1-19-10-4-6-14(20-2)12(8-10)15-11-5-3-9(16)7-13(11)17-18-15/h3-8H,16H2,1-2H3,(H,17,18). The van der Waals surface area contributed by atoms with Crippen molar-refractivity contribution in [1.82, 2.24) is 10.2 Å². The minimum atomic E-state index is 0.699. The number of nitrogens with one attached hydrogen (secondary N) is 1. The Hall–Kier alpha value is -2.69. The van der Waals surface area contributed by atoms with E-state index < -0.39 is 0 Å². The minimum Gasteiger partial charge on any atom is -0.497 e. The molecule has 0 aliphatic rings. The Kier molecular flexibility index (Phi) is 2.95. The summed E-state index contributed by atoms with van der Waals surface area (Å²) in [4.78, 5) is 0. The molecule has 0 spiro atoms. The number of aromatic nitrogens is 2. The third-order valence-electron chi connectivity index (χ3n) is 3.25. The Bertz CT molecular complexity index is 765. The van der Waals surface area contributed by atoms with Gasteiger partial charge in [-0.2, -0.15) is 5.10 Å². The van der Waals surface area contributed by atoms with Gasteiger partial charge in [-0.1, -0.05) is 0 Å². The first kappa shape index (κ1) is 12.3. The number of hydrogen-bond donors (Lipinski definition) is 2. The van der Waals surface area contributed by atoms with Crippen molar-refractivity contribution in [2.45, 2.75) is 0 Å². The normalized spacial score (nSPS) is 10.7. The molecule has 1 aromatic heterocycles. The van der Waals surface area contributed by atoms with E-state index >= 15 is 0 Å². The largest absolute Gasteiger partial charge is 0.497 e. The van der Waals surface area contributed by atoms with Crippen LogP contribution < -0.4 is 15.2 Å². The van der Waals surface area contributed by atoms with Crippen LogP contribution in [0.15, 0.2) is 36.4 Å². The molecule has 3 rings (SSSR count). The lowest BCUT2D eigenvalue weighted by Gasteiger charge is -2.09. The summed E-state index contributed by atoms with van der Waals surface area (Å²) in [5.74, 6) is 1.50. The number of ether oxygens (including phenoxy) is 2. The first-order valence-corrected chi connectivity index (χ1v) is 6.19. The highest BCUT2D eigenvalue weighted by Gasteiger charge is 2.14. The number of benzene rings is 2. The van der Waals surface area contributed by atoms with Gasteiger partial charge in [0.1, 0.15) is 17.2 Å². The monoisotopic (exact) mass is 269 g/mol. The first-order valence-electron chi connectivity index (χ1n) is 6.19. The summed E-state index contributed by atoms with van der Waals surface area (Å²) in [7, 11) is 3.27. The van der Waals surface area contributed by atoms with Gasteiger partial charge in [0.25, 0.3) is 0 Å². The molecular formula is C15H15N3O2. The number of aromatic amines is 1. The number of nitrogens with two attached hydrogens (primary N) is 1. The number of H-pyrrole nitrogens is 1. The van der Waals surface area contributed by atoms with Gasteiger partial charge in [0.15, 0.2) is 0 Å². The van der Waals surface area contributed by atoms with Crippen molar-refractivity contribution in [3.05, 3.63) is 36.4 Å². The van der Waals surface area contributed by atoms with Crippen molar-refractivity contribution < 1.29 is 9.47 Å². The Morgan fingerprint density at radius 3 is 2.65 bits per heavy atom. The highest BCUT2D eigenvalue weighted by atomic mass is 16.5. The average molecular weight is 269 g/mol. The van der Waals surface area contributed by atoms with Gasteiger partial charge in [-0.05, 0) is 36.4 Å². The van der Waals surface area contributed by atoms with Gasteiger partial charge in [-0.15, -0.1) is 0 Å². The molecule has 2 aromatic carbocycles. The molecule has 20 heavy (non-hydrogen) atoms. The molecule has 5 nitrogen and oxygen atoms in total. The van der Waals surface area contributed by atoms with Crippen LogP contribution in [-0.2, 0) is 0 Å². The molecule has 0 radical (unpaired) electrons. The van der Waals surface area contributed by atoms with E-state index in [4.69, 9.17) is 15.2 Å². The molecule has 5 heteroatoms. The lowest BCUT2D eigenvalue weighted by molar-refractivity contribution is 0.404. The van der Waals surface area contributed by atoms with Crippen LogP contribution in [0.1, 0.15) is 0 Å². The van der Waals surface area contributed by atoms with Crippen LogP contribution in [0.2, 0.25) is 0 Å². The van der Waals surface area contributed by atoms with E-state index in [0.29, 0.717) is 5.69 Å². The topological polar surface area (TPSA) is 73.2 Å². The number of fused-ring (bicyclic) bond motifs is 1. The van der Waals surface area contributed by atoms with Crippen LogP contribution in [0.5, 0.6) is 11.5 Å². The summed E-state index contributed by atoms with van der Waals surface area (Å²) >= 11 is 0. The van der Waals surface area contributed by atoms with Crippen LogP contribution in [0.4, 0.5) is 5.69 Å². The van der Waals surface area contributed by atoms with Crippen molar-refractivity contribution in [3.8, 4) is 22.8 Å². The fraction of sp³-hybridized carbons (Fsp3) is 0.133. The number of hydrogen-bond acceptors (Lipinski definition) is 4. The van der Waals surface area contributed by atoms with Gasteiger partial charge in [0, 0.05) is 16.6 Å². The lowest BCUT2D eigenvalue weighted by Crippen LogP contribution is -1.91. The van der Waals surface area contributed by atoms with Crippen LogP contribution in [-0.4, -0.2) is 24.4 Å². The van der Waals surface area contributed by atoms with E-state index in [1.807, 2.05) is 36.4 Å². The van der Waals surface area contributed by atoms with Crippen LogP contribution in [0.3, 0.4) is 0 Å². The highest BCUT2D eigenvalue weighted by Crippen LogP contribution is 2.36. The van der Waals surface area contributed by atoms with Gasteiger partial charge in [-0.3, -0.25) is 5.10 Å². The zero-order chi connectivity index (χ0) is 14.1. The maximum absolute atomic E-state index is 5.78. The fourth-order valence-electron chi connectivity index (χ4n) is 2.24. The molecule has 0 saturated heterocycles. The Balaban J connectivity index is 2.24. The van der Waals surface area contributed by atoms with E-state index in [1.165, 1.54) is 0 Å². The van der Waals surface area contributed by atoms with Crippen LogP contribution in [0.25, 0.3) is 22.2 Å². The predicted molar refractivity (Wildman–Crippen MR) is 79.0 cm³/mol. The van der Waals surface area contributed by atoms with Crippen molar-refractivity contribution in [2.75, 3.05) is 20.0 Å². The summed E-state index contributed by atoms with van der Waals surface area (Å²) in [6, 6.07) is 11.3. The van der Waals surface area contributed by atoms with Gasteiger partial charge >= 0.3 is 0 Å². The van der Waals surface area contributed by atoms with E-state index in [9.17, 15) is 0 Å². The smallest absolute Gasteiger partial charge is 0.128 e. The quantitative estimate of drug-likeness (QED) is 0.717. The van der Waals surface area contributed by atoms with E-state index in [2.05, 4.69) is 10.2 Å². The highest BCUT2D eigenvalue weighted by molar-refractivity contribution is 5.95. The summed E-state index contributed by atoms with van der Waals surface area (Å²) < 4.78 is 10.7. The predicted octanol–water partition coefficient (Wildman–Crippen LogP) is 2.83.